The van der Waals surface area contributed by atoms with Crippen molar-refractivity contribution in [3.63, 3.8) is 0 Å². The van der Waals surface area contributed by atoms with Gasteiger partial charge in [-0.2, -0.15) is 0 Å². The summed E-state index contributed by atoms with van der Waals surface area (Å²) in [6.07, 6.45) is 2.60. The molecule has 140 valence electrons. The van der Waals surface area contributed by atoms with Gasteiger partial charge in [-0.15, -0.1) is 0 Å². The van der Waals surface area contributed by atoms with Crippen LogP contribution in [0, 0.1) is 11.7 Å². The molecule has 2 amide bonds. The van der Waals surface area contributed by atoms with E-state index in [1.165, 1.54) is 12.1 Å². The lowest BCUT2D eigenvalue weighted by Crippen LogP contribution is -2.48. The van der Waals surface area contributed by atoms with E-state index in [2.05, 4.69) is 5.32 Å². The molecule has 1 N–H and O–H groups in total. The van der Waals surface area contributed by atoms with Crippen LogP contribution >= 0.6 is 0 Å². The van der Waals surface area contributed by atoms with Crippen LogP contribution in [0.4, 0.5) is 4.39 Å². The van der Waals surface area contributed by atoms with Gasteiger partial charge in [0.25, 0.3) is 0 Å². The third kappa shape index (κ3) is 3.59. The molecule has 0 bridgehead atoms. The highest BCUT2D eigenvalue weighted by atomic mass is 19.1. The first-order valence-corrected chi connectivity index (χ1v) is 9.48. The molecule has 2 atom stereocenters. The Kier molecular flexibility index (Phi) is 4.68. The summed E-state index contributed by atoms with van der Waals surface area (Å²) in [7, 11) is 0. The van der Waals surface area contributed by atoms with Gasteiger partial charge in [0, 0.05) is 12.5 Å². The molecule has 1 aliphatic carbocycles. The van der Waals surface area contributed by atoms with E-state index in [0.29, 0.717) is 6.54 Å². The zero-order chi connectivity index (χ0) is 19.0. The van der Waals surface area contributed by atoms with E-state index >= 15 is 0 Å². The number of hydrogen-bond donors (Lipinski definition) is 1. The molecule has 0 saturated heterocycles. The summed E-state index contributed by atoms with van der Waals surface area (Å²) in [5.74, 6) is -0.341. The van der Waals surface area contributed by atoms with Crippen LogP contribution in [0.2, 0.25) is 0 Å². The third-order valence-electron chi connectivity index (χ3n) is 5.47. The summed E-state index contributed by atoms with van der Waals surface area (Å²) in [6.45, 7) is 2.43. The van der Waals surface area contributed by atoms with Crippen LogP contribution in [0.5, 0.6) is 0 Å². The van der Waals surface area contributed by atoms with Crippen molar-refractivity contribution in [2.24, 2.45) is 5.92 Å². The number of halogens is 1. The van der Waals surface area contributed by atoms with Crippen molar-refractivity contribution in [2.45, 2.75) is 38.3 Å². The first kappa shape index (κ1) is 17.7. The van der Waals surface area contributed by atoms with Crippen LogP contribution in [0.1, 0.15) is 48.5 Å². The number of hydrogen-bond acceptors (Lipinski definition) is 2. The lowest BCUT2D eigenvalue weighted by Gasteiger charge is -2.37. The van der Waals surface area contributed by atoms with E-state index in [-0.39, 0.29) is 29.6 Å². The van der Waals surface area contributed by atoms with E-state index in [1.54, 1.807) is 17.0 Å². The SMILES string of the molecule is CC(NC(=O)C1c2ccccc2CCN1C(=O)C1CC1)c1ccc(F)cc1. The highest BCUT2D eigenvalue weighted by Crippen LogP contribution is 2.37. The lowest BCUT2D eigenvalue weighted by molar-refractivity contribution is -0.142. The molecular weight excluding hydrogens is 343 g/mol. The minimum Gasteiger partial charge on any atom is -0.347 e. The predicted octanol–water partition coefficient (Wildman–Crippen LogP) is 3.54. The topological polar surface area (TPSA) is 49.4 Å². The fourth-order valence-corrected chi connectivity index (χ4v) is 3.78. The van der Waals surface area contributed by atoms with Crippen molar-refractivity contribution in [1.29, 1.82) is 0 Å². The van der Waals surface area contributed by atoms with Crippen molar-refractivity contribution in [2.75, 3.05) is 6.54 Å². The average molecular weight is 366 g/mol. The van der Waals surface area contributed by atoms with Crippen LogP contribution in [-0.2, 0) is 16.0 Å². The maximum absolute atomic E-state index is 13.2. The molecule has 4 rings (SSSR count). The monoisotopic (exact) mass is 366 g/mol. The number of carbonyl (C=O) groups excluding carboxylic acids is 2. The molecule has 0 aromatic heterocycles. The second-order valence-electron chi connectivity index (χ2n) is 7.44. The number of nitrogens with one attached hydrogen (secondary N) is 1. The Morgan fingerprint density at radius 3 is 2.52 bits per heavy atom. The number of carbonyl (C=O) groups is 2. The number of rotatable bonds is 4. The molecule has 2 aromatic rings. The molecule has 2 unspecified atom stereocenters. The van der Waals surface area contributed by atoms with Gasteiger partial charge in [-0.05, 0) is 55.0 Å². The molecule has 27 heavy (non-hydrogen) atoms. The normalized spacial score (nSPS) is 19.9. The summed E-state index contributed by atoms with van der Waals surface area (Å²) in [4.78, 5) is 27.7. The van der Waals surface area contributed by atoms with Gasteiger partial charge in [-0.1, -0.05) is 36.4 Å². The zero-order valence-electron chi connectivity index (χ0n) is 15.3. The number of amides is 2. The van der Waals surface area contributed by atoms with Gasteiger partial charge in [0.2, 0.25) is 11.8 Å². The number of nitrogens with zero attached hydrogens (tertiary/aromatic N) is 1. The van der Waals surface area contributed by atoms with E-state index in [1.807, 2.05) is 31.2 Å². The summed E-state index contributed by atoms with van der Waals surface area (Å²) >= 11 is 0. The summed E-state index contributed by atoms with van der Waals surface area (Å²) in [5, 5.41) is 3.02. The molecule has 0 spiro atoms. The Balaban J connectivity index is 1.59. The fourth-order valence-electron chi connectivity index (χ4n) is 3.78. The minimum atomic E-state index is -0.606. The van der Waals surface area contributed by atoms with E-state index < -0.39 is 6.04 Å². The van der Waals surface area contributed by atoms with Gasteiger partial charge in [0.1, 0.15) is 11.9 Å². The van der Waals surface area contributed by atoms with Gasteiger partial charge in [-0.3, -0.25) is 9.59 Å². The van der Waals surface area contributed by atoms with Crippen LogP contribution in [-0.4, -0.2) is 23.3 Å². The summed E-state index contributed by atoms with van der Waals surface area (Å²) in [6, 6.07) is 13.1. The highest BCUT2D eigenvalue weighted by molar-refractivity contribution is 5.91. The van der Waals surface area contributed by atoms with Gasteiger partial charge in [-0.25, -0.2) is 4.39 Å². The second-order valence-corrected chi connectivity index (χ2v) is 7.44. The quantitative estimate of drug-likeness (QED) is 0.900. The van der Waals surface area contributed by atoms with Crippen LogP contribution in [0.25, 0.3) is 0 Å². The van der Waals surface area contributed by atoms with Gasteiger partial charge in [0.15, 0.2) is 0 Å². The molecule has 1 aliphatic heterocycles. The van der Waals surface area contributed by atoms with Gasteiger partial charge in [0.05, 0.1) is 6.04 Å². The van der Waals surface area contributed by atoms with E-state index in [0.717, 1.165) is 36.0 Å². The third-order valence-corrected chi connectivity index (χ3v) is 5.47. The Hall–Kier alpha value is -2.69. The van der Waals surface area contributed by atoms with Crippen LogP contribution < -0.4 is 5.32 Å². The van der Waals surface area contributed by atoms with Crippen LogP contribution in [0.3, 0.4) is 0 Å². The largest absolute Gasteiger partial charge is 0.347 e. The molecule has 0 radical (unpaired) electrons. The molecule has 4 nitrogen and oxygen atoms in total. The predicted molar refractivity (Wildman–Crippen MR) is 100 cm³/mol. The van der Waals surface area contributed by atoms with Gasteiger partial charge < -0.3 is 10.2 Å². The van der Waals surface area contributed by atoms with Crippen molar-refractivity contribution < 1.29 is 14.0 Å². The van der Waals surface area contributed by atoms with Crippen molar-refractivity contribution in [3.05, 3.63) is 71.0 Å². The molecule has 1 heterocycles. The smallest absolute Gasteiger partial charge is 0.247 e. The first-order chi connectivity index (χ1) is 13.0. The van der Waals surface area contributed by atoms with Gasteiger partial charge >= 0.3 is 0 Å². The maximum atomic E-state index is 13.2. The Bertz CT molecular complexity index is 861. The first-order valence-electron chi connectivity index (χ1n) is 9.48. The molecule has 2 aromatic carbocycles. The second kappa shape index (κ2) is 7.14. The van der Waals surface area contributed by atoms with E-state index in [9.17, 15) is 14.0 Å². The summed E-state index contributed by atoms with van der Waals surface area (Å²) < 4.78 is 13.2. The number of benzene rings is 2. The fraction of sp³-hybridized carbons (Fsp3) is 0.364. The molecule has 1 fully saturated rings. The molecule has 1 saturated carbocycles. The number of fused-ring (bicyclic) bond motifs is 1. The van der Waals surface area contributed by atoms with Crippen LogP contribution in [0.15, 0.2) is 48.5 Å². The standard InChI is InChI=1S/C22H23FN2O2/c1-14(15-8-10-18(23)11-9-15)24-21(26)20-19-5-3-2-4-16(19)12-13-25(20)22(27)17-6-7-17/h2-5,8-11,14,17,20H,6-7,12-13H2,1H3,(H,24,26). The van der Waals surface area contributed by atoms with Crippen molar-refractivity contribution in [3.8, 4) is 0 Å². The van der Waals surface area contributed by atoms with Crippen molar-refractivity contribution in [1.82, 2.24) is 10.2 Å². The minimum absolute atomic E-state index is 0.0695. The molecule has 2 aliphatic rings. The summed E-state index contributed by atoms with van der Waals surface area (Å²) in [5.41, 5.74) is 2.85. The van der Waals surface area contributed by atoms with E-state index in [4.69, 9.17) is 0 Å². The Morgan fingerprint density at radius 1 is 1.11 bits per heavy atom. The lowest BCUT2D eigenvalue weighted by atomic mass is 9.91. The maximum Gasteiger partial charge on any atom is 0.247 e. The average Bonchev–Trinajstić information content (AvgIpc) is 3.52. The zero-order valence-corrected chi connectivity index (χ0v) is 15.3. The Labute approximate surface area is 158 Å². The van der Waals surface area contributed by atoms with Crippen molar-refractivity contribution >= 4 is 11.8 Å². The highest BCUT2D eigenvalue weighted by Gasteiger charge is 2.41. The molecule has 5 heteroatoms. The molecular formula is C22H23FN2O2. The Morgan fingerprint density at radius 2 is 1.81 bits per heavy atom.